The number of carbonyl (C=O) groups excluding carboxylic acids is 1. The first-order chi connectivity index (χ1) is 10.1. The van der Waals surface area contributed by atoms with E-state index in [2.05, 4.69) is 0 Å². The van der Waals surface area contributed by atoms with Crippen LogP contribution in [0.1, 0.15) is 65.7 Å². The Morgan fingerprint density at radius 2 is 1.68 bits per heavy atom. The topological polar surface area (TPSA) is 118 Å². The second-order valence-corrected chi connectivity index (χ2v) is 6.97. The van der Waals surface area contributed by atoms with Gasteiger partial charge in [0, 0.05) is 0 Å². The summed E-state index contributed by atoms with van der Waals surface area (Å²) in [6, 6.07) is 0. The van der Waals surface area contributed by atoms with Gasteiger partial charge in [0.2, 0.25) is 0 Å². The van der Waals surface area contributed by atoms with Gasteiger partial charge in [0.15, 0.2) is 5.25 Å². The molecule has 0 bridgehead atoms. The van der Waals surface area contributed by atoms with E-state index in [1.807, 2.05) is 20.8 Å². The van der Waals surface area contributed by atoms with E-state index in [0.29, 0.717) is 19.3 Å². The van der Waals surface area contributed by atoms with Crippen molar-refractivity contribution in [2.75, 3.05) is 0 Å². The van der Waals surface area contributed by atoms with Crippen LogP contribution in [0.3, 0.4) is 0 Å². The third-order valence-electron chi connectivity index (χ3n) is 3.82. The van der Waals surface area contributed by atoms with Gasteiger partial charge in [0.1, 0.15) is 5.60 Å². The van der Waals surface area contributed by atoms with Crippen LogP contribution >= 0.6 is 0 Å². The molecule has 0 heterocycles. The van der Waals surface area contributed by atoms with Crippen LogP contribution in [0.4, 0.5) is 0 Å². The van der Waals surface area contributed by atoms with Gasteiger partial charge >= 0.3 is 11.9 Å². The van der Waals surface area contributed by atoms with Crippen molar-refractivity contribution in [2.24, 2.45) is 0 Å². The number of hydrogen-bond acceptors (Lipinski definition) is 5. The van der Waals surface area contributed by atoms with E-state index in [1.165, 1.54) is 0 Å². The average Bonchev–Trinajstić information content (AvgIpc) is 2.42. The molecule has 0 aromatic heterocycles. The summed E-state index contributed by atoms with van der Waals surface area (Å²) in [7, 11) is -4.83. The highest BCUT2D eigenvalue weighted by Gasteiger charge is 2.39. The lowest BCUT2D eigenvalue weighted by molar-refractivity contribution is -0.163. The van der Waals surface area contributed by atoms with Gasteiger partial charge in [-0.25, -0.2) is 0 Å². The largest absolute Gasteiger partial charge is 0.481 e. The van der Waals surface area contributed by atoms with Crippen LogP contribution in [0.2, 0.25) is 0 Å². The van der Waals surface area contributed by atoms with Crippen molar-refractivity contribution in [1.29, 1.82) is 0 Å². The third-order valence-corrected chi connectivity index (χ3v) is 4.90. The van der Waals surface area contributed by atoms with Crippen molar-refractivity contribution in [3.8, 4) is 0 Å². The van der Waals surface area contributed by atoms with Crippen LogP contribution in [0.5, 0.6) is 0 Å². The maximum Gasteiger partial charge on any atom is 0.328 e. The van der Waals surface area contributed by atoms with E-state index >= 15 is 0 Å². The molecule has 0 aromatic rings. The summed E-state index contributed by atoms with van der Waals surface area (Å²) in [5.41, 5.74) is -0.826. The number of esters is 1. The third kappa shape index (κ3) is 6.74. The van der Waals surface area contributed by atoms with Gasteiger partial charge in [0.05, 0.1) is 6.42 Å². The lowest BCUT2D eigenvalue weighted by atomic mass is 9.90. The second-order valence-electron chi connectivity index (χ2n) is 5.37. The Morgan fingerprint density at radius 3 is 2.05 bits per heavy atom. The fourth-order valence-electron chi connectivity index (χ4n) is 2.24. The molecular formula is C14H26O7S. The fraction of sp³-hybridized carbons (Fsp3) is 0.857. The SMILES string of the molecule is CCCCCC(CC)(CC)OC(=O)C(CC(=O)O)S(=O)(=O)O. The van der Waals surface area contributed by atoms with Crippen molar-refractivity contribution in [2.45, 2.75) is 76.6 Å². The van der Waals surface area contributed by atoms with E-state index in [-0.39, 0.29) is 0 Å². The number of unbranched alkanes of at least 4 members (excludes halogenated alkanes) is 2. The molecule has 8 heteroatoms. The minimum Gasteiger partial charge on any atom is -0.481 e. The van der Waals surface area contributed by atoms with Crippen molar-refractivity contribution < 1.29 is 32.4 Å². The highest BCUT2D eigenvalue weighted by Crippen LogP contribution is 2.29. The quantitative estimate of drug-likeness (QED) is 0.337. The van der Waals surface area contributed by atoms with Gasteiger partial charge in [-0.1, -0.05) is 33.6 Å². The normalized spacial score (nSPS) is 13.6. The summed E-state index contributed by atoms with van der Waals surface area (Å²) in [6.45, 7) is 5.68. The van der Waals surface area contributed by atoms with E-state index in [1.54, 1.807) is 0 Å². The Bertz CT molecular complexity index is 466. The average molecular weight is 338 g/mol. The van der Waals surface area contributed by atoms with Gasteiger partial charge in [-0.05, 0) is 25.7 Å². The molecule has 1 unspecified atom stereocenters. The molecule has 0 aliphatic carbocycles. The Morgan fingerprint density at radius 1 is 1.14 bits per heavy atom. The number of carboxylic acid groups (broad SMARTS) is 1. The summed E-state index contributed by atoms with van der Waals surface area (Å²) < 4.78 is 36.8. The van der Waals surface area contributed by atoms with Crippen LogP contribution in [-0.2, 0) is 24.4 Å². The molecule has 0 fully saturated rings. The summed E-state index contributed by atoms with van der Waals surface area (Å²) in [4.78, 5) is 22.8. The predicted molar refractivity (Wildman–Crippen MR) is 81.1 cm³/mol. The lowest BCUT2D eigenvalue weighted by Gasteiger charge is -2.32. The molecule has 1 atom stereocenters. The van der Waals surface area contributed by atoms with Gasteiger partial charge in [-0.2, -0.15) is 8.42 Å². The van der Waals surface area contributed by atoms with Crippen LogP contribution in [0, 0.1) is 0 Å². The standard InChI is InChI=1S/C14H26O7S/c1-4-7-8-9-14(5-2,6-3)21-13(17)11(10-12(15)16)22(18,19)20/h11H,4-10H2,1-3H3,(H,15,16)(H,18,19,20). The lowest BCUT2D eigenvalue weighted by Crippen LogP contribution is -2.41. The molecule has 0 saturated carbocycles. The van der Waals surface area contributed by atoms with E-state index < -0.39 is 39.3 Å². The van der Waals surface area contributed by atoms with Crippen molar-refractivity contribution >= 4 is 22.1 Å². The molecular weight excluding hydrogens is 312 g/mol. The van der Waals surface area contributed by atoms with Gasteiger partial charge in [-0.3, -0.25) is 14.1 Å². The predicted octanol–water partition coefficient (Wildman–Crippen LogP) is 2.40. The fourth-order valence-corrected chi connectivity index (χ4v) is 2.89. The minimum atomic E-state index is -4.83. The van der Waals surface area contributed by atoms with Gasteiger partial charge in [0.25, 0.3) is 10.1 Å². The summed E-state index contributed by atoms with van der Waals surface area (Å²) in [6.07, 6.45) is 3.30. The van der Waals surface area contributed by atoms with E-state index in [9.17, 15) is 18.0 Å². The van der Waals surface area contributed by atoms with Crippen LogP contribution < -0.4 is 0 Å². The highest BCUT2D eigenvalue weighted by atomic mass is 32.2. The summed E-state index contributed by atoms with van der Waals surface area (Å²) in [5.74, 6) is -2.70. The Labute approximate surface area is 131 Å². The van der Waals surface area contributed by atoms with Crippen LogP contribution in [-0.4, -0.2) is 40.9 Å². The first-order valence-corrected chi connectivity index (χ1v) is 9.03. The summed E-state index contributed by atoms with van der Waals surface area (Å²) in [5, 5.41) is 6.61. The number of carbonyl (C=O) groups is 2. The molecule has 0 radical (unpaired) electrons. The molecule has 22 heavy (non-hydrogen) atoms. The molecule has 2 N–H and O–H groups in total. The zero-order valence-electron chi connectivity index (χ0n) is 13.4. The van der Waals surface area contributed by atoms with Crippen LogP contribution in [0.15, 0.2) is 0 Å². The molecule has 0 aliphatic rings. The zero-order valence-corrected chi connectivity index (χ0v) is 14.2. The number of aliphatic carboxylic acids is 1. The maximum atomic E-state index is 12.1. The minimum absolute atomic E-state index is 0.490. The smallest absolute Gasteiger partial charge is 0.328 e. The summed E-state index contributed by atoms with van der Waals surface area (Å²) >= 11 is 0. The van der Waals surface area contributed by atoms with E-state index in [4.69, 9.17) is 14.4 Å². The zero-order chi connectivity index (χ0) is 17.4. The number of ether oxygens (including phenoxy) is 1. The highest BCUT2D eigenvalue weighted by molar-refractivity contribution is 7.87. The Hall–Kier alpha value is -1.15. The second kappa shape index (κ2) is 9.09. The number of carboxylic acids is 1. The molecule has 0 rings (SSSR count). The van der Waals surface area contributed by atoms with E-state index in [0.717, 1.165) is 19.3 Å². The molecule has 0 saturated heterocycles. The Balaban J connectivity index is 5.16. The van der Waals surface area contributed by atoms with Crippen molar-refractivity contribution in [3.63, 3.8) is 0 Å². The first-order valence-electron chi connectivity index (χ1n) is 7.52. The van der Waals surface area contributed by atoms with Gasteiger partial charge in [-0.15, -0.1) is 0 Å². The van der Waals surface area contributed by atoms with Crippen molar-refractivity contribution in [1.82, 2.24) is 0 Å². The molecule has 130 valence electrons. The number of hydrogen-bond donors (Lipinski definition) is 2. The molecule has 0 amide bonds. The molecule has 7 nitrogen and oxygen atoms in total. The monoisotopic (exact) mass is 338 g/mol. The van der Waals surface area contributed by atoms with Gasteiger partial charge < -0.3 is 9.84 Å². The molecule has 0 spiro atoms. The van der Waals surface area contributed by atoms with Crippen LogP contribution in [0.25, 0.3) is 0 Å². The van der Waals surface area contributed by atoms with Crippen molar-refractivity contribution in [3.05, 3.63) is 0 Å². The molecule has 0 aliphatic heterocycles. The number of rotatable bonds is 11. The Kier molecular flexibility index (Phi) is 8.62. The first kappa shape index (κ1) is 20.9. The molecule has 0 aromatic carbocycles. The maximum absolute atomic E-state index is 12.1.